The van der Waals surface area contributed by atoms with Gasteiger partial charge in [-0.25, -0.2) is 0 Å². The standard InChI is InChI=1S/C22H18N4O2/c1-2-15-7-3-4-8-18(15)22-25-20(26-28-22)16-10-12-17(13-11-16)24-21(27)19-9-5-6-14-23-19/h3-14H,2H2,1H3,(H,24,27). The van der Waals surface area contributed by atoms with Crippen molar-refractivity contribution >= 4 is 11.6 Å². The summed E-state index contributed by atoms with van der Waals surface area (Å²) in [5, 5.41) is 6.91. The van der Waals surface area contributed by atoms with E-state index in [1.165, 1.54) is 0 Å². The third kappa shape index (κ3) is 3.66. The number of carbonyl (C=O) groups is 1. The molecular weight excluding hydrogens is 352 g/mol. The summed E-state index contributed by atoms with van der Waals surface area (Å²) in [4.78, 5) is 20.7. The summed E-state index contributed by atoms with van der Waals surface area (Å²) >= 11 is 0. The van der Waals surface area contributed by atoms with Gasteiger partial charge in [0, 0.05) is 23.0 Å². The second-order valence-corrected chi connectivity index (χ2v) is 6.18. The summed E-state index contributed by atoms with van der Waals surface area (Å²) in [5.41, 5.74) is 3.94. The normalized spacial score (nSPS) is 10.6. The number of pyridine rings is 1. The van der Waals surface area contributed by atoms with E-state index in [-0.39, 0.29) is 5.91 Å². The largest absolute Gasteiger partial charge is 0.334 e. The molecule has 0 bridgehead atoms. The van der Waals surface area contributed by atoms with Gasteiger partial charge in [0.15, 0.2) is 0 Å². The van der Waals surface area contributed by atoms with Crippen LogP contribution in [0, 0.1) is 0 Å². The van der Waals surface area contributed by atoms with Crippen LogP contribution in [-0.4, -0.2) is 21.0 Å². The minimum Gasteiger partial charge on any atom is -0.334 e. The number of hydrogen-bond donors (Lipinski definition) is 1. The smallest absolute Gasteiger partial charge is 0.274 e. The first-order chi connectivity index (χ1) is 13.7. The molecule has 2 aromatic heterocycles. The molecule has 6 nitrogen and oxygen atoms in total. The quantitative estimate of drug-likeness (QED) is 0.555. The number of rotatable bonds is 5. The fourth-order valence-corrected chi connectivity index (χ4v) is 2.88. The number of carbonyl (C=O) groups excluding carboxylic acids is 1. The lowest BCUT2D eigenvalue weighted by Gasteiger charge is -2.05. The molecule has 138 valence electrons. The maximum atomic E-state index is 12.2. The summed E-state index contributed by atoms with van der Waals surface area (Å²) in [6, 6.07) is 20.5. The Morgan fingerprint density at radius 2 is 1.79 bits per heavy atom. The van der Waals surface area contributed by atoms with Gasteiger partial charge in [-0.2, -0.15) is 4.98 Å². The summed E-state index contributed by atoms with van der Waals surface area (Å²) in [6.45, 7) is 2.09. The lowest BCUT2D eigenvalue weighted by Crippen LogP contribution is -2.13. The molecule has 2 heterocycles. The average Bonchev–Trinajstić information content (AvgIpc) is 3.25. The maximum Gasteiger partial charge on any atom is 0.274 e. The molecule has 2 aromatic carbocycles. The molecule has 0 saturated heterocycles. The fourth-order valence-electron chi connectivity index (χ4n) is 2.88. The van der Waals surface area contributed by atoms with Gasteiger partial charge in [-0.15, -0.1) is 0 Å². The van der Waals surface area contributed by atoms with E-state index in [2.05, 4.69) is 33.4 Å². The lowest BCUT2D eigenvalue weighted by atomic mass is 10.1. The molecule has 4 aromatic rings. The highest BCUT2D eigenvalue weighted by atomic mass is 16.5. The van der Waals surface area contributed by atoms with Crippen LogP contribution < -0.4 is 5.32 Å². The zero-order chi connectivity index (χ0) is 19.3. The van der Waals surface area contributed by atoms with Crippen LogP contribution in [0.4, 0.5) is 5.69 Å². The van der Waals surface area contributed by atoms with Crippen molar-refractivity contribution in [2.45, 2.75) is 13.3 Å². The van der Waals surface area contributed by atoms with Crippen LogP contribution in [0.15, 0.2) is 77.4 Å². The van der Waals surface area contributed by atoms with Crippen LogP contribution in [0.5, 0.6) is 0 Å². The van der Waals surface area contributed by atoms with Crippen LogP contribution in [0.25, 0.3) is 22.8 Å². The van der Waals surface area contributed by atoms with E-state index in [0.29, 0.717) is 23.1 Å². The van der Waals surface area contributed by atoms with E-state index >= 15 is 0 Å². The maximum absolute atomic E-state index is 12.2. The Bertz CT molecular complexity index is 1090. The average molecular weight is 370 g/mol. The summed E-state index contributed by atoms with van der Waals surface area (Å²) in [6.07, 6.45) is 2.47. The highest BCUT2D eigenvalue weighted by molar-refractivity contribution is 6.02. The first-order valence-corrected chi connectivity index (χ1v) is 8.99. The molecule has 0 radical (unpaired) electrons. The van der Waals surface area contributed by atoms with Crippen LogP contribution in [-0.2, 0) is 6.42 Å². The number of nitrogens with one attached hydrogen (secondary N) is 1. The minimum absolute atomic E-state index is 0.258. The SMILES string of the molecule is CCc1ccccc1-c1nc(-c2ccc(NC(=O)c3ccccn3)cc2)no1. The van der Waals surface area contributed by atoms with Crippen LogP contribution >= 0.6 is 0 Å². The minimum atomic E-state index is -0.258. The number of benzene rings is 2. The predicted octanol–water partition coefficient (Wildman–Crippen LogP) is 4.61. The van der Waals surface area contributed by atoms with E-state index in [9.17, 15) is 4.79 Å². The van der Waals surface area contributed by atoms with E-state index in [4.69, 9.17) is 4.52 Å². The van der Waals surface area contributed by atoms with Crippen molar-refractivity contribution in [2.24, 2.45) is 0 Å². The summed E-state index contributed by atoms with van der Waals surface area (Å²) in [5.74, 6) is 0.745. The number of aryl methyl sites for hydroxylation is 1. The number of amides is 1. The zero-order valence-corrected chi connectivity index (χ0v) is 15.3. The van der Waals surface area contributed by atoms with Gasteiger partial charge in [0.25, 0.3) is 11.8 Å². The molecule has 1 N–H and O–H groups in total. The Labute approximate surface area is 162 Å². The molecule has 0 atom stereocenters. The van der Waals surface area contributed by atoms with Gasteiger partial charge in [0.05, 0.1) is 0 Å². The Balaban J connectivity index is 1.52. The van der Waals surface area contributed by atoms with E-state index in [1.54, 1.807) is 36.5 Å². The highest BCUT2D eigenvalue weighted by Gasteiger charge is 2.13. The van der Waals surface area contributed by atoms with E-state index in [1.807, 2.05) is 30.3 Å². The van der Waals surface area contributed by atoms with Crippen LogP contribution in [0.2, 0.25) is 0 Å². The van der Waals surface area contributed by atoms with E-state index < -0.39 is 0 Å². The molecule has 0 aliphatic heterocycles. The third-order valence-corrected chi connectivity index (χ3v) is 4.35. The molecular formula is C22H18N4O2. The van der Waals surface area contributed by atoms with Crippen molar-refractivity contribution in [3.8, 4) is 22.8 Å². The molecule has 4 rings (SSSR count). The first kappa shape index (κ1) is 17.6. The number of hydrogen-bond acceptors (Lipinski definition) is 5. The molecule has 6 heteroatoms. The molecule has 28 heavy (non-hydrogen) atoms. The lowest BCUT2D eigenvalue weighted by molar-refractivity contribution is 0.102. The van der Waals surface area contributed by atoms with Gasteiger partial charge in [-0.1, -0.05) is 36.3 Å². The second kappa shape index (κ2) is 7.84. The van der Waals surface area contributed by atoms with Crippen molar-refractivity contribution < 1.29 is 9.32 Å². The molecule has 0 spiro atoms. The number of anilines is 1. The highest BCUT2D eigenvalue weighted by Crippen LogP contribution is 2.26. The predicted molar refractivity (Wildman–Crippen MR) is 107 cm³/mol. The van der Waals surface area contributed by atoms with Crippen LogP contribution in [0.1, 0.15) is 23.0 Å². The summed E-state index contributed by atoms with van der Waals surface area (Å²) in [7, 11) is 0. The van der Waals surface area contributed by atoms with Crippen molar-refractivity contribution in [1.82, 2.24) is 15.1 Å². The van der Waals surface area contributed by atoms with Crippen molar-refractivity contribution in [3.63, 3.8) is 0 Å². The Kier molecular flexibility index (Phi) is 4.93. The van der Waals surface area contributed by atoms with Crippen molar-refractivity contribution in [3.05, 3.63) is 84.2 Å². The third-order valence-electron chi connectivity index (χ3n) is 4.35. The van der Waals surface area contributed by atoms with Gasteiger partial charge in [0.1, 0.15) is 5.69 Å². The molecule has 1 amide bonds. The van der Waals surface area contributed by atoms with Gasteiger partial charge in [-0.05, 0) is 54.4 Å². The van der Waals surface area contributed by atoms with Crippen molar-refractivity contribution in [2.75, 3.05) is 5.32 Å². The number of nitrogens with zero attached hydrogens (tertiary/aromatic N) is 3. The summed E-state index contributed by atoms with van der Waals surface area (Å²) < 4.78 is 5.46. The fraction of sp³-hybridized carbons (Fsp3) is 0.0909. The Morgan fingerprint density at radius 1 is 1.00 bits per heavy atom. The second-order valence-electron chi connectivity index (χ2n) is 6.18. The number of aromatic nitrogens is 3. The van der Waals surface area contributed by atoms with Crippen molar-refractivity contribution in [1.29, 1.82) is 0 Å². The van der Waals surface area contributed by atoms with Gasteiger partial charge in [0.2, 0.25) is 5.82 Å². The van der Waals surface area contributed by atoms with Gasteiger partial charge < -0.3 is 9.84 Å². The zero-order valence-electron chi connectivity index (χ0n) is 15.3. The molecule has 0 aliphatic carbocycles. The van der Waals surface area contributed by atoms with E-state index in [0.717, 1.165) is 23.1 Å². The molecule has 0 fully saturated rings. The van der Waals surface area contributed by atoms with Gasteiger partial charge >= 0.3 is 0 Å². The molecule has 0 aliphatic rings. The first-order valence-electron chi connectivity index (χ1n) is 8.99. The topological polar surface area (TPSA) is 80.9 Å². The monoisotopic (exact) mass is 370 g/mol. The van der Waals surface area contributed by atoms with Gasteiger partial charge in [-0.3, -0.25) is 9.78 Å². The Morgan fingerprint density at radius 3 is 2.54 bits per heavy atom. The van der Waals surface area contributed by atoms with Crippen LogP contribution in [0.3, 0.4) is 0 Å². The Hall–Kier alpha value is -3.80. The molecule has 0 saturated carbocycles. The molecule has 0 unspecified atom stereocenters.